The van der Waals surface area contributed by atoms with Crippen molar-refractivity contribution in [1.82, 2.24) is 5.32 Å². The van der Waals surface area contributed by atoms with Crippen LogP contribution in [0, 0.1) is 6.92 Å². The number of carbonyl (C=O) groups is 1. The number of aryl methyl sites for hydroxylation is 1. The Kier molecular flexibility index (Phi) is 6.63. The van der Waals surface area contributed by atoms with Gasteiger partial charge in [-0.25, -0.2) is 8.42 Å². The van der Waals surface area contributed by atoms with E-state index in [1.165, 1.54) is 0 Å². The molecule has 0 heterocycles. The number of para-hydroxylation sites is 1. The Balaban J connectivity index is 1.89. The molecule has 0 aliphatic carbocycles. The van der Waals surface area contributed by atoms with Crippen LogP contribution in [0.5, 0.6) is 5.75 Å². The van der Waals surface area contributed by atoms with Crippen LogP contribution in [-0.2, 0) is 10.0 Å². The fourth-order valence-electron chi connectivity index (χ4n) is 2.22. The van der Waals surface area contributed by atoms with Gasteiger partial charge in [0.2, 0.25) is 10.0 Å². The Morgan fingerprint density at radius 2 is 1.77 bits per heavy atom. The van der Waals surface area contributed by atoms with E-state index in [0.717, 1.165) is 11.3 Å². The second kappa shape index (κ2) is 8.71. The average Bonchev–Trinajstić information content (AvgIpc) is 2.61. The van der Waals surface area contributed by atoms with Crippen LogP contribution in [0.2, 0.25) is 0 Å². The highest BCUT2D eigenvalue weighted by Crippen LogP contribution is 2.16. The number of ether oxygens (including phenoxy) is 1. The number of carbonyl (C=O) groups excluding carboxylic acids is 1. The summed E-state index contributed by atoms with van der Waals surface area (Å²) in [5.41, 5.74) is 1.92. The largest absolute Gasteiger partial charge is 0.491 e. The molecular formula is C19H24N2O4S. The van der Waals surface area contributed by atoms with E-state index in [4.69, 9.17) is 4.74 Å². The lowest BCUT2D eigenvalue weighted by atomic mass is 10.2. The van der Waals surface area contributed by atoms with E-state index in [1.54, 1.807) is 31.2 Å². The zero-order valence-electron chi connectivity index (χ0n) is 15.2. The molecule has 0 aliphatic heterocycles. The van der Waals surface area contributed by atoms with Gasteiger partial charge in [0.25, 0.3) is 5.91 Å². The minimum absolute atomic E-state index is 0.00631. The molecule has 0 aromatic heterocycles. The van der Waals surface area contributed by atoms with Crippen molar-refractivity contribution in [3.63, 3.8) is 0 Å². The number of hydrogen-bond acceptors (Lipinski definition) is 4. The summed E-state index contributed by atoms with van der Waals surface area (Å²) in [4.78, 5) is 12.3. The molecule has 0 spiro atoms. The molecule has 2 rings (SSSR count). The lowest BCUT2D eigenvalue weighted by Gasteiger charge is -2.16. The van der Waals surface area contributed by atoms with E-state index >= 15 is 0 Å². The SMILES string of the molecule is CCS(=O)(=O)Nc1ccc(C(=O)N[C@H](C)COc2ccccc2C)cc1. The number of sulfonamides is 1. The maximum atomic E-state index is 12.3. The summed E-state index contributed by atoms with van der Waals surface area (Å²) in [5.74, 6) is 0.546. The highest BCUT2D eigenvalue weighted by atomic mass is 32.2. The summed E-state index contributed by atoms with van der Waals surface area (Å²) < 4.78 is 31.3. The fraction of sp³-hybridized carbons (Fsp3) is 0.316. The van der Waals surface area contributed by atoms with Crippen LogP contribution < -0.4 is 14.8 Å². The van der Waals surface area contributed by atoms with Gasteiger partial charge >= 0.3 is 0 Å². The molecule has 0 unspecified atom stereocenters. The summed E-state index contributed by atoms with van der Waals surface area (Å²) in [6.07, 6.45) is 0. The minimum Gasteiger partial charge on any atom is -0.491 e. The molecule has 0 bridgehead atoms. The molecule has 2 aromatic carbocycles. The third-order valence-electron chi connectivity index (χ3n) is 3.76. The summed E-state index contributed by atoms with van der Waals surface area (Å²) in [5, 5.41) is 2.86. The first-order valence-corrected chi connectivity index (χ1v) is 10.1. The van der Waals surface area contributed by atoms with E-state index < -0.39 is 10.0 Å². The van der Waals surface area contributed by atoms with Crippen molar-refractivity contribution in [2.24, 2.45) is 0 Å². The number of rotatable bonds is 8. The van der Waals surface area contributed by atoms with Crippen LogP contribution in [0.4, 0.5) is 5.69 Å². The molecule has 1 atom stereocenters. The summed E-state index contributed by atoms with van der Waals surface area (Å²) in [6.45, 7) is 5.74. The standard InChI is InChI=1S/C19H24N2O4S/c1-4-26(23,24)21-17-11-9-16(10-12-17)19(22)20-15(3)13-25-18-8-6-5-7-14(18)2/h5-12,15,21H,4,13H2,1-3H3,(H,20,22)/t15-/m1/s1. The molecule has 2 aromatic rings. The van der Waals surface area contributed by atoms with E-state index in [0.29, 0.717) is 17.9 Å². The van der Waals surface area contributed by atoms with Crippen molar-refractivity contribution in [2.75, 3.05) is 17.1 Å². The summed E-state index contributed by atoms with van der Waals surface area (Å²) in [6, 6.07) is 13.8. The molecular weight excluding hydrogens is 352 g/mol. The van der Waals surface area contributed by atoms with Crippen molar-refractivity contribution in [1.29, 1.82) is 0 Å². The number of nitrogens with one attached hydrogen (secondary N) is 2. The van der Waals surface area contributed by atoms with Crippen molar-refractivity contribution in [2.45, 2.75) is 26.8 Å². The third-order valence-corrected chi connectivity index (χ3v) is 5.07. The molecule has 0 saturated carbocycles. The predicted molar refractivity (Wildman–Crippen MR) is 103 cm³/mol. The topological polar surface area (TPSA) is 84.5 Å². The molecule has 1 amide bonds. The summed E-state index contributed by atoms with van der Waals surface area (Å²) in [7, 11) is -3.33. The molecule has 26 heavy (non-hydrogen) atoms. The van der Waals surface area contributed by atoms with Crippen LogP contribution in [0.25, 0.3) is 0 Å². The monoisotopic (exact) mass is 376 g/mol. The van der Waals surface area contributed by atoms with Crippen LogP contribution in [-0.4, -0.2) is 32.7 Å². The number of hydrogen-bond donors (Lipinski definition) is 2. The fourth-order valence-corrected chi connectivity index (χ4v) is 2.86. The Morgan fingerprint density at radius 3 is 2.38 bits per heavy atom. The maximum absolute atomic E-state index is 12.3. The van der Waals surface area contributed by atoms with Crippen LogP contribution in [0.15, 0.2) is 48.5 Å². The Morgan fingerprint density at radius 1 is 1.12 bits per heavy atom. The van der Waals surface area contributed by atoms with Gasteiger partial charge in [-0.2, -0.15) is 0 Å². The first-order valence-electron chi connectivity index (χ1n) is 8.40. The molecule has 7 heteroatoms. The molecule has 0 radical (unpaired) electrons. The van der Waals surface area contributed by atoms with Crippen LogP contribution in [0.3, 0.4) is 0 Å². The van der Waals surface area contributed by atoms with Crippen LogP contribution in [0.1, 0.15) is 29.8 Å². The van der Waals surface area contributed by atoms with Crippen molar-refractivity contribution >= 4 is 21.6 Å². The second-order valence-electron chi connectivity index (χ2n) is 6.03. The minimum atomic E-state index is -3.33. The Bertz CT molecular complexity index is 848. The van der Waals surface area contributed by atoms with Crippen molar-refractivity contribution < 1.29 is 17.9 Å². The third kappa shape index (κ3) is 5.77. The smallest absolute Gasteiger partial charge is 0.251 e. The first-order chi connectivity index (χ1) is 12.3. The summed E-state index contributed by atoms with van der Waals surface area (Å²) >= 11 is 0. The average molecular weight is 376 g/mol. The second-order valence-corrected chi connectivity index (χ2v) is 8.04. The molecule has 0 fully saturated rings. The normalized spacial score (nSPS) is 12.3. The van der Waals surface area contributed by atoms with E-state index in [-0.39, 0.29) is 17.7 Å². The van der Waals surface area contributed by atoms with Gasteiger partial charge in [-0.15, -0.1) is 0 Å². The first kappa shape index (κ1) is 19.8. The predicted octanol–water partition coefficient (Wildman–Crippen LogP) is 2.95. The van der Waals surface area contributed by atoms with E-state index in [1.807, 2.05) is 38.1 Å². The van der Waals surface area contributed by atoms with Crippen LogP contribution >= 0.6 is 0 Å². The molecule has 0 aliphatic rings. The molecule has 0 saturated heterocycles. The van der Waals surface area contributed by atoms with E-state index in [9.17, 15) is 13.2 Å². The van der Waals surface area contributed by atoms with Crippen molar-refractivity contribution in [3.05, 3.63) is 59.7 Å². The Labute approximate surface area is 154 Å². The Hall–Kier alpha value is -2.54. The number of benzene rings is 2. The van der Waals surface area contributed by atoms with Gasteiger partial charge in [-0.1, -0.05) is 18.2 Å². The number of amides is 1. The van der Waals surface area contributed by atoms with Crippen molar-refractivity contribution in [3.8, 4) is 5.75 Å². The lowest BCUT2D eigenvalue weighted by Crippen LogP contribution is -2.36. The van der Waals surface area contributed by atoms with Gasteiger partial charge in [0.05, 0.1) is 11.8 Å². The molecule has 6 nitrogen and oxygen atoms in total. The number of anilines is 1. The van der Waals surface area contributed by atoms with Gasteiger partial charge < -0.3 is 10.1 Å². The molecule has 140 valence electrons. The van der Waals surface area contributed by atoms with Gasteiger partial charge in [0.15, 0.2) is 0 Å². The molecule has 2 N–H and O–H groups in total. The lowest BCUT2D eigenvalue weighted by molar-refractivity contribution is 0.0926. The van der Waals surface area contributed by atoms with Gasteiger partial charge in [0, 0.05) is 11.3 Å². The highest BCUT2D eigenvalue weighted by Gasteiger charge is 2.12. The van der Waals surface area contributed by atoms with E-state index in [2.05, 4.69) is 10.0 Å². The maximum Gasteiger partial charge on any atom is 0.251 e. The quantitative estimate of drug-likeness (QED) is 0.742. The zero-order chi connectivity index (χ0) is 19.2. The highest BCUT2D eigenvalue weighted by molar-refractivity contribution is 7.92. The van der Waals surface area contributed by atoms with Gasteiger partial charge in [0.1, 0.15) is 12.4 Å². The van der Waals surface area contributed by atoms with Gasteiger partial charge in [-0.3, -0.25) is 9.52 Å². The van der Waals surface area contributed by atoms with Gasteiger partial charge in [-0.05, 0) is 56.7 Å². The zero-order valence-corrected chi connectivity index (χ0v) is 16.0.